The number of phenols is 1. The van der Waals surface area contributed by atoms with Crippen LogP contribution in [-0.4, -0.2) is 17.7 Å². The summed E-state index contributed by atoms with van der Waals surface area (Å²) in [5, 5.41) is 9.14. The zero-order chi connectivity index (χ0) is 15.3. The van der Waals surface area contributed by atoms with Gasteiger partial charge in [0.1, 0.15) is 5.75 Å². The molecule has 0 amide bonds. The smallest absolute Gasteiger partial charge is 0.338 e. The van der Waals surface area contributed by atoms with Crippen molar-refractivity contribution in [1.82, 2.24) is 0 Å². The summed E-state index contributed by atoms with van der Waals surface area (Å²) < 4.78 is 5.17. The van der Waals surface area contributed by atoms with E-state index in [0.29, 0.717) is 12.2 Å². The van der Waals surface area contributed by atoms with Crippen LogP contribution < -0.4 is 0 Å². The number of ether oxygens (including phenoxy) is 1. The van der Waals surface area contributed by atoms with Crippen LogP contribution in [0.15, 0.2) is 36.4 Å². The van der Waals surface area contributed by atoms with Gasteiger partial charge in [0.15, 0.2) is 0 Å². The van der Waals surface area contributed by atoms with Gasteiger partial charge in [-0.05, 0) is 49.9 Å². The number of hydrogen-bond acceptors (Lipinski definition) is 3. The number of rotatable bonds is 10. The first kappa shape index (κ1) is 17.3. The number of carbonyl (C=O) groups is 1. The highest BCUT2D eigenvalue weighted by molar-refractivity contribution is 5.89. The molecule has 0 bridgehead atoms. The average molecular weight is 290 g/mol. The second kappa shape index (κ2) is 11.0. The lowest BCUT2D eigenvalue weighted by atomic mass is 10.1. The Kier molecular flexibility index (Phi) is 9.01. The van der Waals surface area contributed by atoms with Gasteiger partial charge >= 0.3 is 5.97 Å². The molecule has 0 radical (unpaired) electrons. The van der Waals surface area contributed by atoms with Crippen molar-refractivity contribution < 1.29 is 14.6 Å². The van der Waals surface area contributed by atoms with Gasteiger partial charge in [0.25, 0.3) is 0 Å². The normalized spacial score (nSPS) is 10.9. The Hall–Kier alpha value is -1.77. The van der Waals surface area contributed by atoms with E-state index in [-0.39, 0.29) is 11.7 Å². The van der Waals surface area contributed by atoms with Gasteiger partial charge in [-0.15, -0.1) is 0 Å². The molecule has 0 saturated carbocycles. The average Bonchev–Trinajstić information content (AvgIpc) is 2.49. The fraction of sp³-hybridized carbons (Fsp3) is 0.500. The molecule has 0 aliphatic carbocycles. The molecule has 0 aromatic heterocycles. The standard InChI is InChI=1S/C18H26O3/c1-2-3-4-5-6-7-8-9-10-15-21-18(20)16-11-13-17(19)14-12-16/h7-8,11-14,19H,2-6,9-10,15H2,1H3/b8-7+. The van der Waals surface area contributed by atoms with Gasteiger partial charge in [0.2, 0.25) is 0 Å². The van der Waals surface area contributed by atoms with Crippen LogP contribution in [0, 0.1) is 0 Å². The minimum Gasteiger partial charge on any atom is -0.508 e. The zero-order valence-electron chi connectivity index (χ0n) is 12.9. The number of unbranched alkanes of at least 4 members (excludes halogenated alkanes) is 5. The molecule has 1 aromatic carbocycles. The van der Waals surface area contributed by atoms with Crippen LogP contribution in [0.25, 0.3) is 0 Å². The Bertz CT molecular complexity index is 421. The van der Waals surface area contributed by atoms with Crippen LogP contribution in [0.5, 0.6) is 5.75 Å². The Morgan fingerprint density at radius 3 is 2.38 bits per heavy atom. The van der Waals surface area contributed by atoms with E-state index in [1.807, 2.05) is 0 Å². The Morgan fingerprint density at radius 1 is 1.05 bits per heavy atom. The molecular weight excluding hydrogens is 264 g/mol. The molecule has 0 fully saturated rings. The summed E-state index contributed by atoms with van der Waals surface area (Å²) in [6.45, 7) is 2.65. The van der Waals surface area contributed by atoms with Crippen LogP contribution in [0.2, 0.25) is 0 Å². The molecule has 0 atom stereocenters. The minimum absolute atomic E-state index is 0.149. The Balaban J connectivity index is 2.04. The van der Waals surface area contributed by atoms with Crippen LogP contribution in [-0.2, 0) is 4.74 Å². The van der Waals surface area contributed by atoms with E-state index >= 15 is 0 Å². The molecule has 0 aliphatic heterocycles. The highest BCUT2D eigenvalue weighted by Crippen LogP contribution is 2.10. The summed E-state index contributed by atoms with van der Waals surface area (Å²) in [7, 11) is 0. The largest absolute Gasteiger partial charge is 0.508 e. The number of allylic oxidation sites excluding steroid dienone is 2. The first-order chi connectivity index (χ1) is 10.2. The molecule has 0 spiro atoms. The van der Waals surface area contributed by atoms with Crippen molar-refractivity contribution in [3.05, 3.63) is 42.0 Å². The molecule has 1 aromatic rings. The van der Waals surface area contributed by atoms with Gasteiger partial charge in [-0.1, -0.05) is 38.3 Å². The molecule has 3 heteroatoms. The number of benzene rings is 1. The van der Waals surface area contributed by atoms with Gasteiger partial charge in [-0.2, -0.15) is 0 Å². The summed E-state index contributed by atoms with van der Waals surface area (Å²) in [5.41, 5.74) is 0.472. The van der Waals surface area contributed by atoms with Crippen molar-refractivity contribution in [2.45, 2.75) is 51.9 Å². The van der Waals surface area contributed by atoms with E-state index in [4.69, 9.17) is 9.84 Å². The fourth-order valence-corrected chi connectivity index (χ4v) is 1.97. The fourth-order valence-electron chi connectivity index (χ4n) is 1.97. The van der Waals surface area contributed by atoms with Gasteiger partial charge in [0.05, 0.1) is 12.2 Å². The van der Waals surface area contributed by atoms with Crippen molar-refractivity contribution in [3.63, 3.8) is 0 Å². The third kappa shape index (κ3) is 8.18. The van der Waals surface area contributed by atoms with Crippen molar-refractivity contribution in [1.29, 1.82) is 0 Å². The van der Waals surface area contributed by atoms with Crippen molar-refractivity contribution in [2.75, 3.05) is 6.61 Å². The predicted molar refractivity (Wildman–Crippen MR) is 85.5 cm³/mol. The molecule has 0 heterocycles. The molecule has 1 rings (SSSR count). The van der Waals surface area contributed by atoms with Crippen molar-refractivity contribution in [3.8, 4) is 5.75 Å². The van der Waals surface area contributed by atoms with Gasteiger partial charge < -0.3 is 9.84 Å². The Labute approximate surface area is 127 Å². The van der Waals surface area contributed by atoms with Crippen molar-refractivity contribution >= 4 is 5.97 Å². The molecule has 21 heavy (non-hydrogen) atoms. The van der Waals surface area contributed by atoms with E-state index in [0.717, 1.165) is 19.3 Å². The number of aromatic hydroxyl groups is 1. The maximum Gasteiger partial charge on any atom is 0.338 e. The highest BCUT2D eigenvalue weighted by atomic mass is 16.5. The summed E-state index contributed by atoms with van der Waals surface area (Å²) in [4.78, 5) is 11.7. The lowest BCUT2D eigenvalue weighted by molar-refractivity contribution is 0.0501. The SMILES string of the molecule is CCCCCC/C=C/CCCOC(=O)c1ccc(O)cc1. The highest BCUT2D eigenvalue weighted by Gasteiger charge is 2.05. The summed E-state index contributed by atoms with van der Waals surface area (Å²) in [5.74, 6) is -0.186. The first-order valence-corrected chi connectivity index (χ1v) is 7.85. The van der Waals surface area contributed by atoms with Crippen LogP contribution >= 0.6 is 0 Å². The maximum absolute atomic E-state index is 11.7. The number of phenolic OH excluding ortho intramolecular Hbond substituents is 1. The van der Waals surface area contributed by atoms with E-state index in [9.17, 15) is 4.79 Å². The molecule has 3 nitrogen and oxygen atoms in total. The second-order valence-corrected chi connectivity index (χ2v) is 5.15. The quantitative estimate of drug-likeness (QED) is 0.380. The number of esters is 1. The second-order valence-electron chi connectivity index (χ2n) is 5.15. The number of carbonyl (C=O) groups excluding carboxylic acids is 1. The third-order valence-electron chi connectivity index (χ3n) is 3.24. The third-order valence-corrected chi connectivity index (χ3v) is 3.24. The zero-order valence-corrected chi connectivity index (χ0v) is 12.9. The molecular formula is C18H26O3. The van der Waals surface area contributed by atoms with E-state index in [1.165, 1.54) is 37.8 Å². The molecule has 0 saturated heterocycles. The van der Waals surface area contributed by atoms with E-state index in [2.05, 4.69) is 19.1 Å². The molecule has 0 aliphatic rings. The number of hydrogen-bond donors (Lipinski definition) is 1. The summed E-state index contributed by atoms with van der Waals surface area (Å²) >= 11 is 0. The topological polar surface area (TPSA) is 46.5 Å². The summed E-state index contributed by atoms with van der Waals surface area (Å²) in [6.07, 6.45) is 12.5. The van der Waals surface area contributed by atoms with E-state index < -0.39 is 0 Å². The molecule has 116 valence electrons. The lowest BCUT2D eigenvalue weighted by Gasteiger charge is -2.03. The van der Waals surface area contributed by atoms with Crippen LogP contribution in [0.4, 0.5) is 0 Å². The monoisotopic (exact) mass is 290 g/mol. The molecule has 1 N–H and O–H groups in total. The summed E-state index contributed by atoms with van der Waals surface area (Å²) in [6, 6.07) is 6.09. The Morgan fingerprint density at radius 2 is 1.71 bits per heavy atom. The maximum atomic E-state index is 11.7. The first-order valence-electron chi connectivity index (χ1n) is 7.85. The van der Waals surface area contributed by atoms with Crippen LogP contribution in [0.1, 0.15) is 62.2 Å². The van der Waals surface area contributed by atoms with E-state index in [1.54, 1.807) is 12.1 Å². The predicted octanol–water partition coefficient (Wildman–Crippen LogP) is 4.86. The van der Waals surface area contributed by atoms with Gasteiger partial charge in [-0.3, -0.25) is 0 Å². The minimum atomic E-state index is -0.335. The van der Waals surface area contributed by atoms with Crippen LogP contribution in [0.3, 0.4) is 0 Å². The molecule has 0 unspecified atom stereocenters. The lowest BCUT2D eigenvalue weighted by Crippen LogP contribution is -2.05. The van der Waals surface area contributed by atoms with Gasteiger partial charge in [0, 0.05) is 0 Å². The van der Waals surface area contributed by atoms with Crippen molar-refractivity contribution in [2.24, 2.45) is 0 Å². The van der Waals surface area contributed by atoms with Gasteiger partial charge in [-0.25, -0.2) is 4.79 Å².